The highest BCUT2D eigenvalue weighted by Gasteiger charge is 2.59. The number of hydrogen-bond acceptors (Lipinski definition) is 1. The van der Waals surface area contributed by atoms with Crippen molar-refractivity contribution in [3.8, 4) is 0 Å². The van der Waals surface area contributed by atoms with Crippen LogP contribution in [0.2, 0.25) is 0 Å². The number of halogens is 1. The van der Waals surface area contributed by atoms with E-state index >= 15 is 0 Å². The third kappa shape index (κ3) is 1.63. The SMILES string of the molecule is CC1(C)[C@@H](C=C2CCCC2)[C@@H]1C(=O)Cl. The van der Waals surface area contributed by atoms with Crippen LogP contribution in [0.15, 0.2) is 11.6 Å². The van der Waals surface area contributed by atoms with Gasteiger partial charge < -0.3 is 0 Å². The zero-order valence-corrected chi connectivity index (χ0v) is 9.60. The molecule has 0 aromatic heterocycles. The summed E-state index contributed by atoms with van der Waals surface area (Å²) >= 11 is 5.57. The maximum atomic E-state index is 11.1. The third-order valence-corrected chi connectivity index (χ3v) is 4.05. The van der Waals surface area contributed by atoms with E-state index in [1.54, 1.807) is 5.57 Å². The number of allylic oxidation sites excluding steroid dienone is 2. The molecule has 2 heteroatoms. The molecule has 2 atom stereocenters. The minimum absolute atomic E-state index is 0.0669. The fourth-order valence-electron chi connectivity index (χ4n) is 2.67. The predicted molar refractivity (Wildman–Crippen MR) is 58.2 cm³/mol. The number of rotatable bonds is 2. The molecule has 0 saturated heterocycles. The van der Waals surface area contributed by atoms with Crippen LogP contribution in [0.4, 0.5) is 0 Å². The quantitative estimate of drug-likeness (QED) is 0.506. The van der Waals surface area contributed by atoms with Gasteiger partial charge in [-0.25, -0.2) is 0 Å². The Morgan fingerprint density at radius 2 is 2.00 bits per heavy atom. The zero-order valence-electron chi connectivity index (χ0n) is 8.85. The lowest BCUT2D eigenvalue weighted by Gasteiger charge is -1.98. The molecule has 0 amide bonds. The topological polar surface area (TPSA) is 17.1 Å². The second-order valence-electron chi connectivity index (χ2n) is 5.16. The minimum Gasteiger partial charge on any atom is -0.281 e. The first-order valence-corrected chi connectivity index (χ1v) is 5.80. The molecule has 2 aliphatic carbocycles. The number of carbonyl (C=O) groups excluding carboxylic acids is 1. The van der Waals surface area contributed by atoms with Gasteiger partial charge in [0.1, 0.15) is 0 Å². The highest BCUT2D eigenvalue weighted by Crippen LogP contribution is 2.60. The van der Waals surface area contributed by atoms with E-state index < -0.39 is 0 Å². The summed E-state index contributed by atoms with van der Waals surface area (Å²) < 4.78 is 0. The van der Waals surface area contributed by atoms with Crippen molar-refractivity contribution in [2.45, 2.75) is 39.5 Å². The van der Waals surface area contributed by atoms with Crippen LogP contribution in [0.1, 0.15) is 39.5 Å². The van der Waals surface area contributed by atoms with Gasteiger partial charge in [0.25, 0.3) is 0 Å². The average Bonchev–Trinajstić information content (AvgIpc) is 2.50. The van der Waals surface area contributed by atoms with E-state index in [2.05, 4.69) is 19.9 Å². The van der Waals surface area contributed by atoms with Gasteiger partial charge in [-0.1, -0.05) is 25.5 Å². The van der Waals surface area contributed by atoms with Crippen molar-refractivity contribution in [1.82, 2.24) is 0 Å². The Bertz CT molecular complexity index is 283. The summed E-state index contributed by atoms with van der Waals surface area (Å²) in [7, 11) is 0. The highest BCUT2D eigenvalue weighted by molar-refractivity contribution is 6.64. The Kier molecular flexibility index (Phi) is 2.46. The summed E-state index contributed by atoms with van der Waals surface area (Å²) in [6.07, 6.45) is 7.42. The fourth-order valence-corrected chi connectivity index (χ4v) is 3.09. The van der Waals surface area contributed by atoms with Crippen LogP contribution in [-0.4, -0.2) is 5.24 Å². The van der Waals surface area contributed by atoms with Gasteiger partial charge in [0.05, 0.1) is 0 Å². The number of hydrogen-bond donors (Lipinski definition) is 0. The Morgan fingerprint density at radius 3 is 2.43 bits per heavy atom. The van der Waals surface area contributed by atoms with Crippen molar-refractivity contribution >= 4 is 16.8 Å². The van der Waals surface area contributed by atoms with Crippen LogP contribution in [0.3, 0.4) is 0 Å². The zero-order chi connectivity index (χ0) is 10.3. The fraction of sp³-hybridized carbons (Fsp3) is 0.750. The summed E-state index contributed by atoms with van der Waals surface area (Å²) in [6, 6.07) is 0. The van der Waals surface area contributed by atoms with Gasteiger partial charge in [0.2, 0.25) is 5.24 Å². The van der Waals surface area contributed by atoms with Crippen molar-refractivity contribution in [3.05, 3.63) is 11.6 Å². The van der Waals surface area contributed by atoms with Crippen LogP contribution in [0.5, 0.6) is 0 Å². The van der Waals surface area contributed by atoms with Crippen LogP contribution in [-0.2, 0) is 4.79 Å². The molecule has 2 rings (SSSR count). The van der Waals surface area contributed by atoms with Crippen LogP contribution in [0, 0.1) is 17.3 Å². The summed E-state index contributed by atoms with van der Waals surface area (Å²) in [5.41, 5.74) is 1.65. The van der Waals surface area contributed by atoms with E-state index in [0.29, 0.717) is 5.92 Å². The van der Waals surface area contributed by atoms with Gasteiger partial charge in [-0.3, -0.25) is 4.79 Å². The molecule has 2 saturated carbocycles. The predicted octanol–water partition coefficient (Wildman–Crippen LogP) is 3.52. The highest BCUT2D eigenvalue weighted by atomic mass is 35.5. The second kappa shape index (κ2) is 3.37. The lowest BCUT2D eigenvalue weighted by molar-refractivity contribution is -0.113. The van der Waals surface area contributed by atoms with Gasteiger partial charge in [-0.15, -0.1) is 0 Å². The van der Waals surface area contributed by atoms with E-state index in [-0.39, 0.29) is 16.6 Å². The molecule has 78 valence electrons. The van der Waals surface area contributed by atoms with Crippen LogP contribution >= 0.6 is 11.6 Å². The standard InChI is InChI=1S/C12H17ClO/c1-12(2)9(10(12)11(13)14)7-8-5-3-4-6-8/h7,9-10H,3-6H2,1-2H3/t9-,10+/m0/s1. The number of carbonyl (C=O) groups is 1. The largest absolute Gasteiger partial charge is 0.281 e. The van der Waals surface area contributed by atoms with Gasteiger partial charge >= 0.3 is 0 Å². The normalized spacial score (nSPS) is 34.4. The van der Waals surface area contributed by atoms with E-state index in [1.807, 2.05) is 0 Å². The maximum absolute atomic E-state index is 11.1. The summed E-state index contributed by atoms with van der Waals surface area (Å²) in [5, 5.41) is -0.158. The molecule has 2 aliphatic rings. The Labute approximate surface area is 90.5 Å². The maximum Gasteiger partial charge on any atom is 0.225 e. The molecular formula is C12H17ClO. The molecule has 2 fully saturated rings. The Hall–Kier alpha value is -0.300. The van der Waals surface area contributed by atoms with E-state index in [4.69, 9.17) is 11.6 Å². The molecule has 0 N–H and O–H groups in total. The summed E-state index contributed by atoms with van der Waals surface area (Å²) in [4.78, 5) is 11.1. The van der Waals surface area contributed by atoms with Crippen molar-refractivity contribution < 1.29 is 4.79 Å². The Morgan fingerprint density at radius 1 is 1.43 bits per heavy atom. The smallest absolute Gasteiger partial charge is 0.225 e. The molecule has 0 aromatic rings. The summed E-state index contributed by atoms with van der Waals surface area (Å²) in [6.45, 7) is 4.27. The van der Waals surface area contributed by atoms with Crippen molar-refractivity contribution in [2.75, 3.05) is 0 Å². The van der Waals surface area contributed by atoms with Crippen molar-refractivity contribution in [3.63, 3.8) is 0 Å². The van der Waals surface area contributed by atoms with Crippen LogP contribution in [0.25, 0.3) is 0 Å². The third-order valence-electron chi connectivity index (χ3n) is 3.82. The van der Waals surface area contributed by atoms with Gasteiger partial charge in [-0.2, -0.15) is 0 Å². The molecule has 0 bridgehead atoms. The molecule has 0 aliphatic heterocycles. The first kappa shape index (κ1) is 10.2. The van der Waals surface area contributed by atoms with Crippen LogP contribution < -0.4 is 0 Å². The first-order chi connectivity index (χ1) is 6.53. The molecule has 1 nitrogen and oxygen atoms in total. The van der Waals surface area contributed by atoms with Gasteiger partial charge in [0, 0.05) is 5.92 Å². The molecule has 0 heterocycles. The lowest BCUT2D eigenvalue weighted by Crippen LogP contribution is -1.96. The molecular weight excluding hydrogens is 196 g/mol. The minimum atomic E-state index is -0.158. The van der Waals surface area contributed by atoms with Crippen molar-refractivity contribution in [2.24, 2.45) is 17.3 Å². The van der Waals surface area contributed by atoms with Gasteiger partial charge in [0.15, 0.2) is 0 Å². The molecule has 0 spiro atoms. The second-order valence-corrected chi connectivity index (χ2v) is 5.53. The molecule has 0 aromatic carbocycles. The molecule has 0 unspecified atom stereocenters. The van der Waals surface area contributed by atoms with Gasteiger partial charge in [-0.05, 0) is 48.6 Å². The average molecular weight is 213 g/mol. The summed E-state index contributed by atoms with van der Waals surface area (Å²) in [5.74, 6) is 0.470. The Balaban J connectivity index is 2.07. The first-order valence-electron chi connectivity index (χ1n) is 5.42. The van der Waals surface area contributed by atoms with E-state index in [0.717, 1.165) is 0 Å². The lowest BCUT2D eigenvalue weighted by atomic mass is 10.1. The van der Waals surface area contributed by atoms with E-state index in [1.165, 1.54) is 25.7 Å². The van der Waals surface area contributed by atoms with Crippen molar-refractivity contribution in [1.29, 1.82) is 0 Å². The monoisotopic (exact) mass is 212 g/mol. The molecule has 14 heavy (non-hydrogen) atoms. The van der Waals surface area contributed by atoms with E-state index in [9.17, 15) is 4.79 Å². The molecule has 0 radical (unpaired) electrons.